The van der Waals surface area contributed by atoms with Crippen LogP contribution >= 0.6 is 0 Å². The molecule has 0 radical (unpaired) electrons. The number of aliphatic hydroxyl groups excluding tert-OH is 6. The van der Waals surface area contributed by atoms with E-state index < -0.39 is 61.4 Å². The summed E-state index contributed by atoms with van der Waals surface area (Å²) in [5.74, 6) is 0. The van der Waals surface area contributed by atoms with Gasteiger partial charge < -0.3 is 49.6 Å². The minimum atomic E-state index is -1.31. The van der Waals surface area contributed by atoms with Gasteiger partial charge in [0.1, 0.15) is 36.6 Å². The molecule has 2 fully saturated rings. The van der Waals surface area contributed by atoms with Crippen LogP contribution in [0.3, 0.4) is 0 Å². The van der Waals surface area contributed by atoms with Crippen molar-refractivity contribution in [3.05, 3.63) is 130 Å². The summed E-state index contributed by atoms with van der Waals surface area (Å²) in [5.41, 5.74) is 9.11. The van der Waals surface area contributed by atoms with Crippen LogP contribution in [0.5, 0.6) is 0 Å². The Bertz CT molecular complexity index is 1750. The molecule has 4 aliphatic rings. The maximum atomic E-state index is 10.4. The lowest BCUT2D eigenvalue weighted by atomic mass is 9.71. The highest BCUT2D eigenvalue weighted by molar-refractivity contribution is 5.39. The SMILES string of the molecule is CC1=C(/C=C/C(C)=C\C=C\C(C)=C\C=C\C=C(C)\C=C\C=C(C)\C=C\C2=C(C)C[C@@H](O[C@@H]3O[C@@H](C)[C@H](O)[C@@H](O)[C@H]3O)CC2(C)C)C(C)(C)C[C@H](O[C@@H]2O[C@@H](C)[C@H](O)[C@@H](O)[C@H]2O)C1. The largest absolute Gasteiger partial charge is 0.388 e. The van der Waals surface area contributed by atoms with E-state index in [2.05, 4.69) is 142 Å². The van der Waals surface area contributed by atoms with Gasteiger partial charge in [-0.2, -0.15) is 0 Å². The summed E-state index contributed by atoms with van der Waals surface area (Å²) >= 11 is 0. The monoisotopic (exact) mass is 861 g/mol. The van der Waals surface area contributed by atoms with Crippen LogP contribution in [-0.4, -0.2) is 104 Å². The predicted molar refractivity (Wildman–Crippen MR) is 247 cm³/mol. The highest BCUT2D eigenvalue weighted by Crippen LogP contribution is 2.44. The fourth-order valence-corrected chi connectivity index (χ4v) is 8.89. The van der Waals surface area contributed by atoms with Crippen molar-refractivity contribution < 1.29 is 49.6 Å². The lowest BCUT2D eigenvalue weighted by Gasteiger charge is -2.43. The van der Waals surface area contributed by atoms with Crippen molar-refractivity contribution in [3.63, 3.8) is 0 Å². The molecule has 0 bridgehead atoms. The minimum Gasteiger partial charge on any atom is -0.388 e. The van der Waals surface area contributed by atoms with Crippen molar-refractivity contribution in [2.75, 3.05) is 0 Å². The van der Waals surface area contributed by atoms with Gasteiger partial charge in [-0.1, -0.05) is 146 Å². The molecule has 62 heavy (non-hydrogen) atoms. The molecule has 2 heterocycles. The van der Waals surface area contributed by atoms with Crippen molar-refractivity contribution in [1.29, 1.82) is 0 Å². The lowest BCUT2D eigenvalue weighted by molar-refractivity contribution is -0.305. The van der Waals surface area contributed by atoms with E-state index in [1.807, 2.05) is 12.2 Å². The van der Waals surface area contributed by atoms with Gasteiger partial charge in [-0.3, -0.25) is 0 Å². The second-order valence-electron chi connectivity index (χ2n) is 19.3. The summed E-state index contributed by atoms with van der Waals surface area (Å²) in [4.78, 5) is 0. The molecule has 0 amide bonds. The Hall–Kier alpha value is -3.26. The Morgan fingerprint density at radius 1 is 0.500 bits per heavy atom. The van der Waals surface area contributed by atoms with Gasteiger partial charge in [0.15, 0.2) is 12.6 Å². The number of ether oxygens (including phenoxy) is 4. The van der Waals surface area contributed by atoms with Crippen LogP contribution in [0.1, 0.15) is 109 Å². The van der Waals surface area contributed by atoms with Crippen LogP contribution in [0.4, 0.5) is 0 Å². The molecule has 344 valence electrons. The summed E-state index contributed by atoms with van der Waals surface area (Å²) in [6, 6.07) is 0. The van der Waals surface area contributed by atoms with Crippen molar-refractivity contribution in [3.8, 4) is 0 Å². The fourth-order valence-electron chi connectivity index (χ4n) is 8.89. The molecule has 0 aromatic carbocycles. The molecule has 0 aromatic heterocycles. The van der Waals surface area contributed by atoms with E-state index in [0.29, 0.717) is 12.8 Å². The molecule has 2 aliphatic heterocycles. The normalized spacial score (nSPS) is 35.8. The molecule has 0 spiro atoms. The third-order valence-corrected chi connectivity index (χ3v) is 12.5. The molecule has 6 N–H and O–H groups in total. The Morgan fingerprint density at radius 2 is 0.823 bits per heavy atom. The highest BCUT2D eigenvalue weighted by Gasteiger charge is 2.46. The van der Waals surface area contributed by atoms with Gasteiger partial charge >= 0.3 is 0 Å². The predicted octanol–water partition coefficient (Wildman–Crippen LogP) is 8.25. The van der Waals surface area contributed by atoms with Crippen molar-refractivity contribution in [2.24, 2.45) is 10.8 Å². The average Bonchev–Trinajstić information content (AvgIpc) is 3.17. The minimum absolute atomic E-state index is 0.170. The third kappa shape index (κ3) is 14.1. The summed E-state index contributed by atoms with van der Waals surface area (Å²) < 4.78 is 23.7. The average molecular weight is 861 g/mol. The smallest absolute Gasteiger partial charge is 0.186 e. The third-order valence-electron chi connectivity index (χ3n) is 12.5. The van der Waals surface area contributed by atoms with Crippen LogP contribution in [0.25, 0.3) is 0 Å². The Kier molecular flexibility index (Phi) is 18.7. The zero-order valence-electron chi connectivity index (χ0n) is 39.2. The Balaban J connectivity index is 1.25. The molecule has 2 aliphatic carbocycles. The van der Waals surface area contributed by atoms with Crippen LogP contribution in [0.15, 0.2) is 130 Å². The Morgan fingerprint density at radius 3 is 1.16 bits per heavy atom. The van der Waals surface area contributed by atoms with Gasteiger partial charge in [0.2, 0.25) is 0 Å². The van der Waals surface area contributed by atoms with Crippen LogP contribution in [0.2, 0.25) is 0 Å². The molecule has 0 unspecified atom stereocenters. The Labute approximate surface area is 371 Å². The molecule has 4 rings (SSSR count). The molecule has 0 saturated carbocycles. The maximum absolute atomic E-state index is 10.4. The highest BCUT2D eigenvalue weighted by atomic mass is 16.7. The quantitative estimate of drug-likeness (QED) is 0.0940. The first-order chi connectivity index (χ1) is 29.0. The molecule has 12 atom stereocenters. The van der Waals surface area contributed by atoms with E-state index in [-0.39, 0.29) is 23.0 Å². The summed E-state index contributed by atoms with van der Waals surface area (Å²) in [6.45, 7) is 24.6. The van der Waals surface area contributed by atoms with E-state index in [4.69, 9.17) is 18.9 Å². The van der Waals surface area contributed by atoms with Gasteiger partial charge in [-0.15, -0.1) is 0 Å². The molecule has 0 aromatic rings. The molecular weight excluding hydrogens is 785 g/mol. The lowest BCUT2D eigenvalue weighted by Crippen LogP contribution is -2.58. The standard InChI is InChI=1S/C52H76O10/c1-31(19-15-21-33(3)23-25-41-35(5)27-39(29-51(41,9)10)61-49-47(57)45(55)43(53)37(7)59-49)17-13-14-18-32(2)20-16-22-34(4)24-26-42-36(6)28-40(30-52(42,11)12)62-50-48(58)46(56)44(54)38(8)60-50/h13-26,37-40,43-50,53-58H,27-30H2,1-12H3/b14-13+,19-15+,20-16+,25-23+,26-24+,31-17+,32-18+,33-21-,34-22+/t37-,38-,39+,40+,43-,44-,45+,46+,47+,48+,49-,50-/m0/s1. The van der Waals surface area contributed by atoms with Crippen LogP contribution < -0.4 is 0 Å². The number of rotatable bonds is 14. The van der Waals surface area contributed by atoms with Crippen molar-refractivity contribution >= 4 is 0 Å². The van der Waals surface area contributed by atoms with Crippen molar-refractivity contribution in [1.82, 2.24) is 0 Å². The first-order valence-electron chi connectivity index (χ1n) is 22.2. The number of hydrogen-bond donors (Lipinski definition) is 6. The van der Waals surface area contributed by atoms with E-state index in [1.165, 1.54) is 22.3 Å². The van der Waals surface area contributed by atoms with E-state index in [0.717, 1.165) is 35.1 Å². The molecular formula is C52H76O10. The fraction of sp³-hybridized carbons (Fsp3) is 0.577. The zero-order chi connectivity index (χ0) is 46.1. The maximum Gasteiger partial charge on any atom is 0.186 e. The number of hydrogen-bond acceptors (Lipinski definition) is 10. The summed E-state index contributed by atoms with van der Waals surface area (Å²) in [6.07, 6.45) is 21.1. The van der Waals surface area contributed by atoms with Crippen LogP contribution in [0, 0.1) is 10.8 Å². The van der Waals surface area contributed by atoms with Gasteiger partial charge in [0.05, 0.1) is 24.4 Å². The van der Waals surface area contributed by atoms with E-state index in [1.54, 1.807) is 13.8 Å². The van der Waals surface area contributed by atoms with Gasteiger partial charge in [-0.05, 0) is 103 Å². The van der Waals surface area contributed by atoms with Gasteiger partial charge in [0, 0.05) is 0 Å². The van der Waals surface area contributed by atoms with E-state index >= 15 is 0 Å². The first-order valence-corrected chi connectivity index (χ1v) is 22.2. The zero-order valence-corrected chi connectivity index (χ0v) is 39.2. The molecule has 10 heteroatoms. The van der Waals surface area contributed by atoms with Crippen LogP contribution in [-0.2, 0) is 18.9 Å². The second kappa shape index (κ2) is 22.6. The second-order valence-corrected chi connectivity index (χ2v) is 19.3. The first kappa shape index (κ1) is 51.4. The van der Waals surface area contributed by atoms with Gasteiger partial charge in [-0.25, -0.2) is 0 Å². The van der Waals surface area contributed by atoms with Crippen molar-refractivity contribution in [2.45, 2.75) is 182 Å². The molecule has 10 nitrogen and oxygen atoms in total. The molecule has 2 saturated heterocycles. The van der Waals surface area contributed by atoms with Gasteiger partial charge in [0.25, 0.3) is 0 Å². The summed E-state index contributed by atoms with van der Waals surface area (Å²) in [5, 5.41) is 61.4. The van der Waals surface area contributed by atoms with E-state index in [9.17, 15) is 30.6 Å². The number of aliphatic hydroxyl groups is 6. The summed E-state index contributed by atoms with van der Waals surface area (Å²) in [7, 11) is 0. The number of allylic oxidation sites excluding steroid dienone is 20. The topological polar surface area (TPSA) is 158 Å².